The molecule has 8 atom stereocenters. The van der Waals surface area contributed by atoms with Crippen molar-refractivity contribution in [2.24, 2.45) is 11.8 Å². The first kappa shape index (κ1) is 30.9. The highest BCUT2D eigenvalue weighted by molar-refractivity contribution is 5.99. The molecule has 1 spiro atoms. The third-order valence-electron chi connectivity index (χ3n) is 8.90. The molecule has 0 aliphatic carbocycles. The SMILES string of the molecule is COC[C@H]1NC(=O)CC/C=C\CN(C(C)C)C(=O)[C@@H]2N([C@H](C)CO)C(=O)[C@H]3[C@H](C(=O)O[C@@H]1c1ccccc1)[C@@H]1C=C[C@]23O1. The minimum absolute atomic E-state index is 0.0763. The Morgan fingerprint density at radius 2 is 1.84 bits per heavy atom. The Labute approximate surface area is 251 Å². The first-order valence-corrected chi connectivity index (χ1v) is 14.9. The van der Waals surface area contributed by atoms with E-state index >= 15 is 0 Å². The number of carbonyl (C=O) groups is 4. The molecule has 232 valence electrons. The Balaban J connectivity index is 1.61. The number of hydrogen-bond acceptors (Lipinski definition) is 8. The molecule has 11 heteroatoms. The van der Waals surface area contributed by atoms with Crippen LogP contribution in [-0.4, -0.2) is 101 Å². The number of rotatable bonds is 6. The fraction of sp³-hybridized carbons (Fsp3) is 0.562. The van der Waals surface area contributed by atoms with Crippen molar-refractivity contribution in [2.45, 2.75) is 75.6 Å². The number of nitrogens with one attached hydrogen (secondary N) is 1. The largest absolute Gasteiger partial charge is 0.455 e. The smallest absolute Gasteiger partial charge is 0.313 e. The van der Waals surface area contributed by atoms with Crippen LogP contribution in [0.15, 0.2) is 54.6 Å². The number of methoxy groups -OCH3 is 1. The van der Waals surface area contributed by atoms with E-state index in [9.17, 15) is 24.3 Å². The molecule has 2 saturated heterocycles. The normalized spacial score (nSPS) is 34.4. The van der Waals surface area contributed by atoms with Crippen molar-refractivity contribution in [1.29, 1.82) is 0 Å². The van der Waals surface area contributed by atoms with Crippen LogP contribution in [0.25, 0.3) is 0 Å². The number of likely N-dealkylation sites (tertiary alicyclic amines) is 1. The Kier molecular flexibility index (Phi) is 9.05. The number of hydrogen-bond donors (Lipinski definition) is 2. The van der Waals surface area contributed by atoms with E-state index in [1.165, 1.54) is 12.0 Å². The summed E-state index contributed by atoms with van der Waals surface area (Å²) >= 11 is 0. The molecular formula is C32H41N3O8. The Bertz CT molecular complexity index is 1280. The second-order valence-corrected chi connectivity index (χ2v) is 12.0. The lowest BCUT2D eigenvalue weighted by molar-refractivity contribution is -0.163. The Hall–Kier alpha value is -3.54. The van der Waals surface area contributed by atoms with Crippen LogP contribution in [0.4, 0.5) is 0 Å². The fourth-order valence-electron chi connectivity index (χ4n) is 6.84. The van der Waals surface area contributed by atoms with Gasteiger partial charge in [-0.2, -0.15) is 0 Å². The fourth-order valence-corrected chi connectivity index (χ4v) is 6.84. The van der Waals surface area contributed by atoms with Crippen molar-refractivity contribution in [3.63, 3.8) is 0 Å². The second-order valence-electron chi connectivity index (χ2n) is 12.0. The van der Waals surface area contributed by atoms with Crippen LogP contribution in [0.2, 0.25) is 0 Å². The van der Waals surface area contributed by atoms with Crippen molar-refractivity contribution in [3.05, 3.63) is 60.2 Å². The van der Waals surface area contributed by atoms with Crippen LogP contribution < -0.4 is 5.32 Å². The van der Waals surface area contributed by atoms with E-state index in [4.69, 9.17) is 14.2 Å². The van der Waals surface area contributed by atoms with E-state index in [1.807, 2.05) is 44.2 Å². The van der Waals surface area contributed by atoms with Crippen LogP contribution >= 0.6 is 0 Å². The number of esters is 1. The summed E-state index contributed by atoms with van der Waals surface area (Å²) in [4.78, 5) is 58.7. The maximum Gasteiger partial charge on any atom is 0.313 e. The predicted octanol–water partition coefficient (Wildman–Crippen LogP) is 1.52. The quantitative estimate of drug-likeness (QED) is 0.374. The number of allylic oxidation sites excluding steroid dienone is 1. The van der Waals surface area contributed by atoms with Crippen molar-refractivity contribution in [2.75, 3.05) is 26.9 Å². The van der Waals surface area contributed by atoms with Crippen LogP contribution in [0, 0.1) is 11.8 Å². The van der Waals surface area contributed by atoms with Crippen molar-refractivity contribution < 1.29 is 38.5 Å². The molecule has 2 fully saturated rings. The number of aliphatic hydroxyl groups excluding tert-OH is 1. The topological polar surface area (TPSA) is 135 Å². The number of carbonyl (C=O) groups excluding carboxylic acids is 4. The van der Waals surface area contributed by atoms with Crippen LogP contribution in [-0.2, 0) is 33.4 Å². The number of benzene rings is 1. The van der Waals surface area contributed by atoms with Gasteiger partial charge in [0.15, 0.2) is 0 Å². The highest BCUT2D eigenvalue weighted by Crippen LogP contribution is 2.56. The van der Waals surface area contributed by atoms with Gasteiger partial charge in [-0.25, -0.2) is 0 Å². The molecule has 5 rings (SSSR count). The average molecular weight is 596 g/mol. The predicted molar refractivity (Wildman–Crippen MR) is 155 cm³/mol. The first-order valence-electron chi connectivity index (χ1n) is 14.9. The van der Waals surface area contributed by atoms with Crippen LogP contribution in [0.5, 0.6) is 0 Å². The second kappa shape index (κ2) is 12.6. The molecule has 43 heavy (non-hydrogen) atoms. The number of cyclic esters (lactones) is 1. The molecule has 1 aromatic carbocycles. The lowest BCUT2D eigenvalue weighted by Gasteiger charge is -2.39. The summed E-state index contributed by atoms with van der Waals surface area (Å²) in [6.45, 7) is 5.41. The van der Waals surface area contributed by atoms with Gasteiger partial charge in [0, 0.05) is 26.1 Å². The molecule has 5 bridgehead atoms. The van der Waals surface area contributed by atoms with E-state index in [2.05, 4.69) is 5.32 Å². The van der Waals surface area contributed by atoms with E-state index in [-0.39, 0.29) is 44.0 Å². The van der Waals surface area contributed by atoms with Crippen molar-refractivity contribution >= 4 is 23.7 Å². The molecule has 3 amide bonds. The van der Waals surface area contributed by atoms with Gasteiger partial charge < -0.3 is 34.4 Å². The van der Waals surface area contributed by atoms with Gasteiger partial charge in [-0.1, -0.05) is 54.6 Å². The summed E-state index contributed by atoms with van der Waals surface area (Å²) in [6, 6.07) is 6.37. The zero-order chi connectivity index (χ0) is 30.9. The standard InChI is InChI=1S/C32H41N3O8/c1-19(2)34-16-10-6-9-13-24(37)33-22(18-41-4)27(21-11-7-5-8-12-21)42-31(40)25-23-14-15-32(43-23)26(25)29(38)35(20(3)17-36)28(32)30(34)39/h5-8,10-12,14-15,19-20,22-23,25-28,36H,9,13,16-18H2,1-4H3,(H,33,37)/b10-6-/t20-,22-,23+,25-,26-,27-,28+,32-/m1/s1. The molecule has 0 unspecified atom stereocenters. The summed E-state index contributed by atoms with van der Waals surface area (Å²) < 4.78 is 18.1. The number of ether oxygens (including phenoxy) is 3. The van der Waals surface area contributed by atoms with Gasteiger partial charge in [0.2, 0.25) is 17.7 Å². The molecule has 0 aromatic heterocycles. The van der Waals surface area contributed by atoms with Crippen LogP contribution in [0.1, 0.15) is 45.3 Å². The zero-order valence-corrected chi connectivity index (χ0v) is 25.0. The minimum Gasteiger partial charge on any atom is -0.455 e. The molecule has 0 radical (unpaired) electrons. The third kappa shape index (κ3) is 5.49. The summed E-state index contributed by atoms with van der Waals surface area (Å²) in [7, 11) is 1.51. The van der Waals surface area contributed by atoms with Crippen LogP contribution in [0.3, 0.4) is 0 Å². The minimum atomic E-state index is -1.39. The van der Waals surface area contributed by atoms with E-state index in [1.54, 1.807) is 36.1 Å². The number of fused-ring (bicyclic) bond motifs is 2. The highest BCUT2D eigenvalue weighted by Gasteiger charge is 2.74. The summed E-state index contributed by atoms with van der Waals surface area (Å²) in [5, 5.41) is 13.1. The molecule has 1 aromatic rings. The van der Waals surface area contributed by atoms with Crippen molar-refractivity contribution in [1.82, 2.24) is 15.1 Å². The summed E-state index contributed by atoms with van der Waals surface area (Å²) in [6.07, 6.45) is 6.08. The molecule has 0 saturated carbocycles. The van der Waals surface area contributed by atoms with Gasteiger partial charge in [-0.3, -0.25) is 19.2 Å². The van der Waals surface area contributed by atoms with E-state index < -0.39 is 59.6 Å². The number of amides is 3. The van der Waals surface area contributed by atoms with Gasteiger partial charge in [0.25, 0.3) is 0 Å². The van der Waals surface area contributed by atoms with E-state index in [0.29, 0.717) is 12.0 Å². The summed E-state index contributed by atoms with van der Waals surface area (Å²) in [5.74, 6) is -3.73. The molecular weight excluding hydrogens is 554 g/mol. The summed E-state index contributed by atoms with van der Waals surface area (Å²) in [5.41, 5.74) is -0.738. The lowest BCUT2D eigenvalue weighted by atomic mass is 9.74. The highest BCUT2D eigenvalue weighted by atomic mass is 16.6. The lowest BCUT2D eigenvalue weighted by Crippen LogP contribution is -2.59. The first-order chi connectivity index (χ1) is 20.6. The van der Waals surface area contributed by atoms with Gasteiger partial charge in [-0.05, 0) is 32.8 Å². The molecule has 4 aliphatic heterocycles. The van der Waals surface area contributed by atoms with Gasteiger partial charge in [-0.15, -0.1) is 0 Å². The zero-order valence-electron chi connectivity index (χ0n) is 25.0. The maximum atomic E-state index is 14.3. The number of nitrogens with zero attached hydrogens (tertiary/aromatic N) is 2. The van der Waals surface area contributed by atoms with Gasteiger partial charge in [0.1, 0.15) is 23.7 Å². The average Bonchev–Trinajstić information content (AvgIpc) is 3.64. The van der Waals surface area contributed by atoms with Crippen molar-refractivity contribution in [3.8, 4) is 0 Å². The molecule has 4 heterocycles. The third-order valence-corrected chi connectivity index (χ3v) is 8.90. The van der Waals surface area contributed by atoms with Gasteiger partial charge >= 0.3 is 5.97 Å². The maximum absolute atomic E-state index is 14.3. The Morgan fingerprint density at radius 3 is 2.51 bits per heavy atom. The van der Waals surface area contributed by atoms with E-state index in [0.717, 1.165) is 0 Å². The molecule has 4 aliphatic rings. The Morgan fingerprint density at radius 1 is 1.09 bits per heavy atom. The van der Waals surface area contributed by atoms with Gasteiger partial charge in [0.05, 0.1) is 37.3 Å². The molecule has 2 N–H and O–H groups in total. The molecule has 11 nitrogen and oxygen atoms in total. The monoisotopic (exact) mass is 595 g/mol. The number of aliphatic hydroxyl groups is 1.